The van der Waals surface area contributed by atoms with Gasteiger partial charge in [0.2, 0.25) is 0 Å². The number of aliphatic imine (C=N–C) groups is 1. The lowest BCUT2D eigenvalue weighted by molar-refractivity contribution is -0.0432. The maximum Gasteiger partial charge on any atom is 0.191 e. The van der Waals surface area contributed by atoms with Crippen molar-refractivity contribution in [2.75, 3.05) is 32.8 Å². The normalized spacial score (nSPS) is 24.9. The summed E-state index contributed by atoms with van der Waals surface area (Å²) < 4.78 is 6.03. The molecule has 0 spiro atoms. The van der Waals surface area contributed by atoms with Crippen LogP contribution in [0.3, 0.4) is 0 Å². The van der Waals surface area contributed by atoms with Crippen molar-refractivity contribution in [2.24, 2.45) is 4.99 Å². The fourth-order valence-corrected chi connectivity index (χ4v) is 3.84. The summed E-state index contributed by atoms with van der Waals surface area (Å²) >= 11 is 0. The second-order valence-electron chi connectivity index (χ2n) is 7.54. The molecule has 26 heavy (non-hydrogen) atoms. The summed E-state index contributed by atoms with van der Waals surface area (Å²) in [4.78, 5) is 7.36. The zero-order chi connectivity index (χ0) is 18.2. The van der Waals surface area contributed by atoms with Crippen molar-refractivity contribution in [3.05, 3.63) is 35.9 Å². The highest BCUT2D eigenvalue weighted by molar-refractivity contribution is 5.80. The molecule has 0 saturated carbocycles. The number of nitrogens with one attached hydrogen (secondary N) is 2. The number of ether oxygens (including phenoxy) is 1. The largest absolute Gasteiger partial charge is 0.373 e. The summed E-state index contributed by atoms with van der Waals surface area (Å²) in [5.74, 6) is 0.903. The lowest BCUT2D eigenvalue weighted by Gasteiger charge is -2.34. The maximum absolute atomic E-state index is 6.03. The van der Waals surface area contributed by atoms with Crippen molar-refractivity contribution in [1.82, 2.24) is 15.5 Å². The van der Waals surface area contributed by atoms with Crippen LogP contribution in [0.4, 0.5) is 0 Å². The van der Waals surface area contributed by atoms with E-state index in [1.807, 2.05) is 0 Å². The molecule has 144 valence electrons. The Bertz CT molecular complexity index is 562. The summed E-state index contributed by atoms with van der Waals surface area (Å²) in [6.45, 7) is 9.05. The molecule has 0 bridgehead atoms. The number of rotatable bonds is 7. The molecule has 3 atom stereocenters. The fourth-order valence-electron chi connectivity index (χ4n) is 3.84. The van der Waals surface area contributed by atoms with Crippen LogP contribution in [0.2, 0.25) is 0 Å². The second kappa shape index (κ2) is 9.93. The Morgan fingerprint density at radius 3 is 3.00 bits per heavy atom. The van der Waals surface area contributed by atoms with Crippen LogP contribution in [0, 0.1) is 0 Å². The first kappa shape index (κ1) is 19.2. The van der Waals surface area contributed by atoms with E-state index in [1.165, 1.54) is 24.9 Å². The van der Waals surface area contributed by atoms with Gasteiger partial charge in [-0.15, -0.1) is 0 Å². The number of hydrogen-bond acceptors (Lipinski definition) is 3. The molecule has 2 fully saturated rings. The Balaban J connectivity index is 1.45. The van der Waals surface area contributed by atoms with E-state index in [2.05, 4.69) is 59.7 Å². The van der Waals surface area contributed by atoms with Gasteiger partial charge in [-0.05, 0) is 51.6 Å². The summed E-state index contributed by atoms with van der Waals surface area (Å²) in [6, 6.07) is 11.7. The molecule has 3 rings (SSSR count). The third kappa shape index (κ3) is 5.71. The average molecular weight is 359 g/mol. The number of fused-ring (bicyclic) bond motifs is 1. The van der Waals surface area contributed by atoms with E-state index in [-0.39, 0.29) is 6.10 Å². The van der Waals surface area contributed by atoms with Gasteiger partial charge in [0.15, 0.2) is 5.96 Å². The van der Waals surface area contributed by atoms with Crippen LogP contribution in [-0.2, 0) is 11.2 Å². The van der Waals surface area contributed by atoms with Gasteiger partial charge in [-0.3, -0.25) is 9.89 Å². The molecule has 1 aromatic rings. The Morgan fingerprint density at radius 2 is 2.19 bits per heavy atom. The zero-order valence-corrected chi connectivity index (χ0v) is 16.3. The fraction of sp³-hybridized carbons (Fsp3) is 0.667. The quantitative estimate of drug-likeness (QED) is 0.581. The lowest BCUT2D eigenvalue weighted by atomic mass is 10.1. The zero-order valence-electron chi connectivity index (χ0n) is 16.3. The van der Waals surface area contributed by atoms with Crippen LogP contribution >= 0.6 is 0 Å². The van der Waals surface area contributed by atoms with E-state index < -0.39 is 0 Å². The van der Waals surface area contributed by atoms with Gasteiger partial charge in [0.05, 0.1) is 19.3 Å². The molecule has 0 aliphatic carbocycles. The first-order chi connectivity index (χ1) is 12.7. The van der Waals surface area contributed by atoms with Gasteiger partial charge in [-0.25, -0.2) is 0 Å². The van der Waals surface area contributed by atoms with Crippen molar-refractivity contribution >= 4 is 5.96 Å². The Labute approximate surface area is 158 Å². The van der Waals surface area contributed by atoms with Gasteiger partial charge in [-0.2, -0.15) is 0 Å². The van der Waals surface area contributed by atoms with E-state index in [0.717, 1.165) is 45.0 Å². The molecule has 2 aliphatic rings. The molecule has 5 nitrogen and oxygen atoms in total. The number of guanidine groups is 1. The maximum atomic E-state index is 6.03. The van der Waals surface area contributed by atoms with Gasteiger partial charge < -0.3 is 15.4 Å². The summed E-state index contributed by atoms with van der Waals surface area (Å²) in [5.41, 5.74) is 1.39. The van der Waals surface area contributed by atoms with Crippen LogP contribution < -0.4 is 10.6 Å². The van der Waals surface area contributed by atoms with Crippen LogP contribution in [0.1, 0.15) is 38.7 Å². The third-order valence-electron chi connectivity index (χ3n) is 5.35. The molecule has 2 aliphatic heterocycles. The molecular weight excluding hydrogens is 324 g/mol. The number of hydrogen-bond donors (Lipinski definition) is 2. The van der Waals surface area contributed by atoms with E-state index >= 15 is 0 Å². The average Bonchev–Trinajstić information content (AvgIpc) is 3.13. The molecule has 2 saturated heterocycles. The number of morpholine rings is 1. The second-order valence-corrected chi connectivity index (χ2v) is 7.54. The van der Waals surface area contributed by atoms with Crippen LogP contribution in [0.15, 0.2) is 35.3 Å². The molecule has 0 radical (unpaired) electrons. The minimum absolute atomic E-state index is 0.222. The molecule has 0 aromatic heterocycles. The predicted octanol–water partition coefficient (Wildman–Crippen LogP) is 2.43. The Kier molecular flexibility index (Phi) is 7.32. The number of benzene rings is 1. The van der Waals surface area contributed by atoms with Crippen LogP contribution in [0.25, 0.3) is 0 Å². The van der Waals surface area contributed by atoms with Crippen molar-refractivity contribution in [3.8, 4) is 0 Å². The van der Waals surface area contributed by atoms with Crippen molar-refractivity contribution in [3.63, 3.8) is 0 Å². The van der Waals surface area contributed by atoms with Crippen molar-refractivity contribution in [1.29, 1.82) is 0 Å². The Hall–Kier alpha value is -1.59. The summed E-state index contributed by atoms with van der Waals surface area (Å²) in [6.07, 6.45) is 4.99. The number of aryl methyl sites for hydroxylation is 1. The van der Waals surface area contributed by atoms with E-state index in [0.29, 0.717) is 12.1 Å². The van der Waals surface area contributed by atoms with Crippen molar-refractivity contribution in [2.45, 2.75) is 57.7 Å². The third-order valence-corrected chi connectivity index (χ3v) is 5.35. The van der Waals surface area contributed by atoms with Gasteiger partial charge in [0, 0.05) is 25.2 Å². The minimum Gasteiger partial charge on any atom is -0.373 e. The van der Waals surface area contributed by atoms with Crippen LogP contribution in [-0.4, -0.2) is 61.8 Å². The van der Waals surface area contributed by atoms with Gasteiger partial charge in [0.25, 0.3) is 0 Å². The molecule has 2 heterocycles. The Morgan fingerprint density at radius 1 is 1.35 bits per heavy atom. The highest BCUT2D eigenvalue weighted by Gasteiger charge is 2.31. The SMILES string of the molecule is CCNC(=NCC1CN2CCCC2CO1)NC(C)CCc1ccccc1. The number of nitrogens with zero attached hydrogens (tertiary/aromatic N) is 2. The molecule has 3 unspecified atom stereocenters. The molecule has 0 amide bonds. The predicted molar refractivity (Wildman–Crippen MR) is 108 cm³/mol. The monoisotopic (exact) mass is 358 g/mol. The molecule has 1 aromatic carbocycles. The molecule has 2 N–H and O–H groups in total. The van der Waals surface area contributed by atoms with Gasteiger partial charge in [0.1, 0.15) is 0 Å². The highest BCUT2D eigenvalue weighted by atomic mass is 16.5. The van der Waals surface area contributed by atoms with Gasteiger partial charge >= 0.3 is 0 Å². The van der Waals surface area contributed by atoms with Crippen molar-refractivity contribution < 1.29 is 4.74 Å². The summed E-state index contributed by atoms with van der Waals surface area (Å²) in [7, 11) is 0. The molecule has 5 heteroatoms. The van der Waals surface area contributed by atoms with E-state index in [9.17, 15) is 0 Å². The first-order valence-corrected chi connectivity index (χ1v) is 10.2. The topological polar surface area (TPSA) is 48.9 Å². The lowest BCUT2D eigenvalue weighted by Crippen LogP contribution is -2.48. The standard InChI is InChI=1S/C21H34N4O/c1-3-22-21(24-17(2)11-12-18-8-5-4-6-9-18)23-14-20-15-25-13-7-10-19(25)16-26-20/h4-6,8-9,17,19-20H,3,7,10-16H2,1-2H3,(H2,22,23,24). The first-order valence-electron chi connectivity index (χ1n) is 10.2. The highest BCUT2D eigenvalue weighted by Crippen LogP contribution is 2.22. The van der Waals surface area contributed by atoms with E-state index in [1.54, 1.807) is 0 Å². The minimum atomic E-state index is 0.222. The van der Waals surface area contributed by atoms with Crippen LogP contribution in [0.5, 0.6) is 0 Å². The van der Waals surface area contributed by atoms with Gasteiger partial charge in [-0.1, -0.05) is 30.3 Å². The smallest absolute Gasteiger partial charge is 0.191 e. The molecular formula is C21H34N4O. The van der Waals surface area contributed by atoms with E-state index in [4.69, 9.17) is 9.73 Å². The summed E-state index contributed by atoms with van der Waals surface area (Å²) in [5, 5.41) is 6.91.